The molecule has 0 aliphatic heterocycles. The molecule has 0 aliphatic carbocycles. The van der Waals surface area contributed by atoms with Crippen LogP contribution in [0.2, 0.25) is 0 Å². The highest BCUT2D eigenvalue weighted by atomic mass is 79.9. The molecule has 2 heterocycles. The van der Waals surface area contributed by atoms with Gasteiger partial charge in [0.15, 0.2) is 0 Å². The van der Waals surface area contributed by atoms with Crippen LogP contribution in [0.3, 0.4) is 0 Å². The van der Waals surface area contributed by atoms with Crippen molar-refractivity contribution in [1.29, 1.82) is 0 Å². The molecule has 0 atom stereocenters. The number of halogens is 1. The first-order valence-electron chi connectivity index (χ1n) is 5.30. The molecule has 0 bridgehead atoms. The minimum atomic E-state index is 0.806. The number of hydrogen-bond donors (Lipinski definition) is 2. The second kappa shape index (κ2) is 5.61. The van der Waals surface area contributed by atoms with Crippen LogP contribution in [0.5, 0.6) is 0 Å². The van der Waals surface area contributed by atoms with Crippen LogP contribution >= 0.6 is 27.3 Å². The van der Waals surface area contributed by atoms with Crippen LogP contribution in [0.25, 0.3) is 10.6 Å². The zero-order valence-electron chi connectivity index (χ0n) is 9.09. The topological polar surface area (TPSA) is 40.7 Å². The van der Waals surface area contributed by atoms with Crippen LogP contribution in [-0.2, 0) is 6.54 Å². The molecule has 0 radical (unpaired) electrons. The molecule has 0 unspecified atom stereocenters. The number of aromatic nitrogens is 2. The highest BCUT2D eigenvalue weighted by molar-refractivity contribution is 9.11. The highest BCUT2D eigenvalue weighted by Gasteiger charge is 2.05. The third-order valence-electron chi connectivity index (χ3n) is 2.19. The number of nitrogens with zero attached hydrogens (tertiary/aromatic N) is 1. The minimum Gasteiger partial charge on any atom is -0.340 e. The van der Waals surface area contributed by atoms with Crippen LogP contribution in [0, 0.1) is 0 Å². The summed E-state index contributed by atoms with van der Waals surface area (Å²) in [5.41, 5.74) is 1.09. The van der Waals surface area contributed by atoms with Crippen molar-refractivity contribution in [3.8, 4) is 10.6 Å². The van der Waals surface area contributed by atoms with E-state index in [1.54, 1.807) is 11.3 Å². The zero-order chi connectivity index (χ0) is 11.4. The quantitative estimate of drug-likeness (QED) is 0.831. The van der Waals surface area contributed by atoms with Gasteiger partial charge in [0.25, 0.3) is 0 Å². The first-order chi connectivity index (χ1) is 7.79. The molecule has 16 heavy (non-hydrogen) atoms. The number of aromatic amines is 1. The molecule has 0 aliphatic rings. The largest absolute Gasteiger partial charge is 0.340 e. The molecule has 2 aromatic heterocycles. The fraction of sp³-hybridized carbons (Fsp3) is 0.364. The molecule has 86 valence electrons. The SMILES string of the molecule is CCCNCc1ncc(-c2ccc(Br)s2)[nH]1. The first kappa shape index (κ1) is 11.8. The maximum atomic E-state index is 4.35. The van der Waals surface area contributed by atoms with Crippen molar-refractivity contribution in [3.63, 3.8) is 0 Å². The van der Waals surface area contributed by atoms with Crippen LogP contribution in [0.1, 0.15) is 19.2 Å². The summed E-state index contributed by atoms with van der Waals surface area (Å²) < 4.78 is 1.14. The van der Waals surface area contributed by atoms with Crippen molar-refractivity contribution < 1.29 is 0 Å². The monoisotopic (exact) mass is 299 g/mol. The van der Waals surface area contributed by atoms with E-state index in [0.717, 1.165) is 34.8 Å². The zero-order valence-corrected chi connectivity index (χ0v) is 11.5. The number of thiophene rings is 1. The number of nitrogens with one attached hydrogen (secondary N) is 2. The second-order valence-electron chi connectivity index (χ2n) is 3.52. The van der Waals surface area contributed by atoms with Gasteiger partial charge in [0.1, 0.15) is 5.82 Å². The Kier molecular flexibility index (Phi) is 4.15. The number of H-pyrrole nitrogens is 1. The molecule has 2 N–H and O–H groups in total. The molecular weight excluding hydrogens is 286 g/mol. The lowest BCUT2D eigenvalue weighted by atomic mass is 10.4. The van der Waals surface area contributed by atoms with E-state index in [4.69, 9.17) is 0 Å². The van der Waals surface area contributed by atoms with Crippen LogP contribution < -0.4 is 5.32 Å². The molecule has 2 rings (SSSR count). The second-order valence-corrected chi connectivity index (χ2v) is 5.99. The molecule has 3 nitrogen and oxygen atoms in total. The van der Waals surface area contributed by atoms with E-state index in [9.17, 15) is 0 Å². The molecule has 0 saturated heterocycles. The van der Waals surface area contributed by atoms with Gasteiger partial charge in [0, 0.05) is 0 Å². The molecule has 0 aromatic carbocycles. The predicted octanol–water partition coefficient (Wildman–Crippen LogP) is 3.40. The summed E-state index contributed by atoms with van der Waals surface area (Å²) in [6.45, 7) is 3.99. The Bertz CT molecular complexity index is 450. The predicted molar refractivity (Wildman–Crippen MR) is 71.6 cm³/mol. The summed E-state index contributed by atoms with van der Waals surface area (Å²) in [6, 6.07) is 4.14. The van der Waals surface area contributed by atoms with E-state index in [1.165, 1.54) is 4.88 Å². The van der Waals surface area contributed by atoms with Gasteiger partial charge in [-0.3, -0.25) is 0 Å². The lowest BCUT2D eigenvalue weighted by Gasteiger charge is -1.98. The molecule has 0 saturated carbocycles. The number of hydrogen-bond acceptors (Lipinski definition) is 3. The van der Waals surface area contributed by atoms with Gasteiger partial charge in [-0.15, -0.1) is 11.3 Å². The van der Waals surface area contributed by atoms with Gasteiger partial charge in [0.2, 0.25) is 0 Å². The Morgan fingerprint density at radius 2 is 2.38 bits per heavy atom. The number of imidazole rings is 1. The van der Waals surface area contributed by atoms with Gasteiger partial charge in [0.05, 0.1) is 27.1 Å². The Hall–Kier alpha value is -0.650. The summed E-state index contributed by atoms with van der Waals surface area (Å²) >= 11 is 5.17. The first-order valence-corrected chi connectivity index (χ1v) is 6.91. The van der Waals surface area contributed by atoms with Gasteiger partial charge in [-0.2, -0.15) is 0 Å². The average molecular weight is 300 g/mol. The molecule has 2 aromatic rings. The van der Waals surface area contributed by atoms with E-state index >= 15 is 0 Å². The summed E-state index contributed by atoms with van der Waals surface area (Å²) in [5.74, 6) is 0.993. The summed E-state index contributed by atoms with van der Waals surface area (Å²) in [4.78, 5) is 8.87. The maximum Gasteiger partial charge on any atom is 0.120 e. The van der Waals surface area contributed by atoms with Crippen LogP contribution in [-0.4, -0.2) is 16.5 Å². The smallest absolute Gasteiger partial charge is 0.120 e. The van der Waals surface area contributed by atoms with Crippen LogP contribution in [0.4, 0.5) is 0 Å². The summed E-state index contributed by atoms with van der Waals surface area (Å²) in [6.07, 6.45) is 3.03. The van der Waals surface area contributed by atoms with Crippen molar-refractivity contribution in [2.24, 2.45) is 0 Å². The standard InChI is InChI=1S/C11H14BrN3S/c1-2-5-13-7-11-14-6-8(15-11)9-3-4-10(12)16-9/h3-4,6,13H,2,5,7H2,1H3,(H,14,15). The van der Waals surface area contributed by atoms with E-state index in [-0.39, 0.29) is 0 Å². The normalized spacial score (nSPS) is 10.9. The molecular formula is C11H14BrN3S. The maximum absolute atomic E-state index is 4.35. The Morgan fingerprint density at radius 1 is 1.50 bits per heavy atom. The van der Waals surface area contributed by atoms with Crippen molar-refractivity contribution in [1.82, 2.24) is 15.3 Å². The van der Waals surface area contributed by atoms with Gasteiger partial charge in [-0.1, -0.05) is 6.92 Å². The highest BCUT2D eigenvalue weighted by Crippen LogP contribution is 2.29. The number of rotatable bonds is 5. The van der Waals surface area contributed by atoms with Crippen LogP contribution in [0.15, 0.2) is 22.1 Å². The third-order valence-corrected chi connectivity index (χ3v) is 3.84. The van der Waals surface area contributed by atoms with E-state index < -0.39 is 0 Å². The van der Waals surface area contributed by atoms with Gasteiger partial charge < -0.3 is 10.3 Å². The lowest BCUT2D eigenvalue weighted by molar-refractivity contribution is 0.655. The van der Waals surface area contributed by atoms with Crippen molar-refractivity contribution >= 4 is 27.3 Å². The minimum absolute atomic E-state index is 0.806. The van der Waals surface area contributed by atoms with E-state index in [0.29, 0.717) is 0 Å². The molecule has 0 amide bonds. The Balaban J connectivity index is 2.02. The van der Waals surface area contributed by atoms with Crippen molar-refractivity contribution in [2.45, 2.75) is 19.9 Å². The fourth-order valence-electron chi connectivity index (χ4n) is 1.42. The van der Waals surface area contributed by atoms with E-state index in [1.807, 2.05) is 6.20 Å². The Morgan fingerprint density at radius 3 is 3.06 bits per heavy atom. The molecule has 0 spiro atoms. The third kappa shape index (κ3) is 2.93. The van der Waals surface area contributed by atoms with Crippen molar-refractivity contribution in [2.75, 3.05) is 6.54 Å². The van der Waals surface area contributed by atoms with Crippen molar-refractivity contribution in [3.05, 3.63) is 27.9 Å². The molecule has 5 heteroatoms. The lowest BCUT2D eigenvalue weighted by Crippen LogP contribution is -2.14. The van der Waals surface area contributed by atoms with Gasteiger partial charge in [-0.05, 0) is 41.0 Å². The summed E-state index contributed by atoms with van der Waals surface area (Å²) in [7, 11) is 0. The van der Waals surface area contributed by atoms with E-state index in [2.05, 4.69) is 50.3 Å². The molecule has 0 fully saturated rings. The summed E-state index contributed by atoms with van der Waals surface area (Å²) in [5, 5.41) is 3.32. The van der Waals surface area contributed by atoms with Gasteiger partial charge in [-0.25, -0.2) is 4.98 Å². The fourth-order valence-corrected chi connectivity index (χ4v) is 2.77. The van der Waals surface area contributed by atoms with Gasteiger partial charge >= 0.3 is 0 Å². The average Bonchev–Trinajstić information content (AvgIpc) is 2.87. The Labute approximate surface area is 107 Å².